The highest BCUT2D eigenvalue weighted by Gasteiger charge is 2.17. The Bertz CT molecular complexity index is 620. The van der Waals surface area contributed by atoms with Crippen LogP contribution in [0.2, 0.25) is 0 Å². The van der Waals surface area contributed by atoms with Gasteiger partial charge in [0, 0.05) is 10.0 Å². The number of rotatable bonds is 5. The molecule has 3 heteroatoms. The molecule has 0 unspecified atom stereocenters. The molecule has 2 nitrogen and oxygen atoms in total. The van der Waals surface area contributed by atoms with Gasteiger partial charge < -0.3 is 4.74 Å². The van der Waals surface area contributed by atoms with Gasteiger partial charge >= 0.3 is 0 Å². The summed E-state index contributed by atoms with van der Waals surface area (Å²) in [4.78, 5) is 12.7. The van der Waals surface area contributed by atoms with Gasteiger partial charge in [-0.15, -0.1) is 0 Å². The lowest BCUT2D eigenvalue weighted by molar-refractivity contribution is 0.103. The lowest BCUT2D eigenvalue weighted by atomic mass is 9.98. The van der Waals surface area contributed by atoms with Crippen molar-refractivity contribution in [3.05, 3.63) is 63.6 Å². The van der Waals surface area contributed by atoms with Crippen LogP contribution in [0.15, 0.2) is 46.9 Å². The van der Waals surface area contributed by atoms with Gasteiger partial charge in [0.2, 0.25) is 0 Å². The highest BCUT2D eigenvalue weighted by atomic mass is 79.9. The number of hydrogen-bond donors (Lipinski definition) is 0. The summed E-state index contributed by atoms with van der Waals surface area (Å²) in [6.07, 6.45) is 0.915. The van der Waals surface area contributed by atoms with E-state index < -0.39 is 0 Å². The Morgan fingerprint density at radius 1 is 1.10 bits per heavy atom. The molecule has 0 aliphatic heterocycles. The minimum Gasteiger partial charge on any atom is -0.493 e. The molecule has 20 heavy (non-hydrogen) atoms. The van der Waals surface area contributed by atoms with Crippen LogP contribution in [0.5, 0.6) is 5.75 Å². The first-order valence-corrected chi connectivity index (χ1v) is 7.46. The lowest BCUT2D eigenvalue weighted by Crippen LogP contribution is -2.07. The molecule has 0 N–H and O–H groups in total. The van der Waals surface area contributed by atoms with Gasteiger partial charge in [-0.1, -0.05) is 47.1 Å². The molecule has 0 heterocycles. The monoisotopic (exact) mass is 332 g/mol. The molecular weight excluding hydrogens is 316 g/mol. The molecule has 2 rings (SSSR count). The topological polar surface area (TPSA) is 26.3 Å². The van der Waals surface area contributed by atoms with Gasteiger partial charge in [0.05, 0.1) is 12.2 Å². The predicted molar refractivity (Wildman–Crippen MR) is 84.5 cm³/mol. The van der Waals surface area contributed by atoms with Gasteiger partial charge in [-0.2, -0.15) is 0 Å². The Morgan fingerprint density at radius 3 is 2.55 bits per heavy atom. The Hall–Kier alpha value is -1.61. The van der Waals surface area contributed by atoms with E-state index >= 15 is 0 Å². The third kappa shape index (κ3) is 3.10. The van der Waals surface area contributed by atoms with Crippen molar-refractivity contribution in [1.29, 1.82) is 0 Å². The summed E-state index contributed by atoms with van der Waals surface area (Å²) in [7, 11) is 0. The number of para-hydroxylation sites is 1. The van der Waals surface area contributed by atoms with E-state index in [1.807, 2.05) is 56.3 Å². The van der Waals surface area contributed by atoms with Crippen LogP contribution in [0.3, 0.4) is 0 Å². The minimum absolute atomic E-state index is 0.00416. The van der Waals surface area contributed by atoms with Crippen LogP contribution in [-0.4, -0.2) is 12.4 Å². The summed E-state index contributed by atoms with van der Waals surface area (Å²) < 4.78 is 6.61. The molecule has 0 fully saturated rings. The number of carbonyl (C=O) groups excluding carboxylic acids is 1. The second-order valence-electron chi connectivity index (χ2n) is 4.59. The van der Waals surface area contributed by atoms with Crippen LogP contribution in [0.25, 0.3) is 0 Å². The quantitative estimate of drug-likeness (QED) is 0.736. The van der Waals surface area contributed by atoms with Crippen LogP contribution in [0, 0.1) is 6.92 Å². The van der Waals surface area contributed by atoms with E-state index in [2.05, 4.69) is 15.9 Å². The second kappa shape index (κ2) is 6.71. The maximum atomic E-state index is 12.7. The molecule has 0 saturated carbocycles. The van der Waals surface area contributed by atoms with Crippen molar-refractivity contribution in [2.45, 2.75) is 20.3 Å². The highest BCUT2D eigenvalue weighted by molar-refractivity contribution is 9.10. The molecule has 0 aromatic heterocycles. The van der Waals surface area contributed by atoms with Crippen molar-refractivity contribution in [2.75, 3.05) is 6.61 Å². The Balaban J connectivity index is 2.40. The van der Waals surface area contributed by atoms with Crippen molar-refractivity contribution >= 4 is 21.7 Å². The van der Waals surface area contributed by atoms with E-state index in [0.29, 0.717) is 23.5 Å². The molecule has 2 aromatic carbocycles. The molecule has 0 spiro atoms. The zero-order valence-corrected chi connectivity index (χ0v) is 13.2. The van der Waals surface area contributed by atoms with E-state index in [4.69, 9.17) is 4.74 Å². The summed E-state index contributed by atoms with van der Waals surface area (Å²) in [6, 6.07) is 13.1. The lowest BCUT2D eigenvalue weighted by Gasteiger charge is -2.11. The van der Waals surface area contributed by atoms with Crippen molar-refractivity contribution in [1.82, 2.24) is 0 Å². The fourth-order valence-electron chi connectivity index (χ4n) is 1.99. The number of hydrogen-bond acceptors (Lipinski definition) is 2. The molecule has 0 saturated heterocycles. The molecule has 0 aliphatic rings. The second-order valence-corrected chi connectivity index (χ2v) is 5.44. The minimum atomic E-state index is -0.00416. The Labute approximate surface area is 127 Å². The number of carbonyl (C=O) groups is 1. The third-order valence-corrected chi connectivity index (χ3v) is 3.96. The van der Waals surface area contributed by atoms with E-state index in [1.165, 1.54) is 0 Å². The number of ketones is 1. The molecular formula is C17H17BrO2. The predicted octanol–water partition coefficient (Wildman–Crippen LogP) is 4.78. The van der Waals surface area contributed by atoms with Crippen molar-refractivity contribution in [3.8, 4) is 5.75 Å². The van der Waals surface area contributed by atoms with Gasteiger partial charge in [0.25, 0.3) is 0 Å². The summed E-state index contributed by atoms with van der Waals surface area (Å²) in [5, 5.41) is 0. The van der Waals surface area contributed by atoms with Crippen LogP contribution in [-0.2, 0) is 0 Å². The first-order valence-electron chi connectivity index (χ1n) is 6.66. The Kier molecular flexibility index (Phi) is 4.96. The molecule has 0 amide bonds. The normalized spacial score (nSPS) is 10.3. The Morgan fingerprint density at radius 2 is 1.80 bits per heavy atom. The summed E-state index contributed by atoms with van der Waals surface area (Å²) in [5.41, 5.74) is 2.26. The van der Waals surface area contributed by atoms with Gasteiger partial charge in [-0.05, 0) is 37.1 Å². The van der Waals surface area contributed by atoms with Gasteiger partial charge in [-0.3, -0.25) is 4.79 Å². The van der Waals surface area contributed by atoms with Gasteiger partial charge in [0.1, 0.15) is 5.75 Å². The highest BCUT2D eigenvalue weighted by Crippen LogP contribution is 2.26. The fraction of sp³-hybridized carbons (Fsp3) is 0.235. The van der Waals surface area contributed by atoms with E-state index in [1.54, 1.807) is 0 Å². The molecule has 0 aliphatic carbocycles. The van der Waals surface area contributed by atoms with Crippen LogP contribution >= 0.6 is 15.9 Å². The molecule has 0 bridgehead atoms. The maximum Gasteiger partial charge on any atom is 0.197 e. The largest absolute Gasteiger partial charge is 0.493 e. The smallest absolute Gasteiger partial charge is 0.197 e. The van der Waals surface area contributed by atoms with Gasteiger partial charge in [-0.25, -0.2) is 0 Å². The fourth-order valence-corrected chi connectivity index (χ4v) is 2.36. The average molecular weight is 333 g/mol. The summed E-state index contributed by atoms with van der Waals surface area (Å²) in [6.45, 7) is 4.59. The third-order valence-electron chi connectivity index (χ3n) is 3.11. The number of benzene rings is 2. The first-order chi connectivity index (χ1) is 9.65. The molecule has 2 aromatic rings. The number of ether oxygens (including phenoxy) is 1. The maximum absolute atomic E-state index is 12.7. The summed E-state index contributed by atoms with van der Waals surface area (Å²) in [5.74, 6) is 0.647. The van der Waals surface area contributed by atoms with E-state index in [0.717, 1.165) is 16.5 Å². The SMILES string of the molecule is CCCOc1ccccc1C(=O)c1cccc(Br)c1C. The first kappa shape index (κ1) is 14.8. The van der Waals surface area contributed by atoms with Crippen LogP contribution < -0.4 is 4.74 Å². The zero-order valence-electron chi connectivity index (χ0n) is 11.7. The molecule has 0 radical (unpaired) electrons. The van der Waals surface area contributed by atoms with E-state index in [9.17, 15) is 4.79 Å². The van der Waals surface area contributed by atoms with Gasteiger partial charge in [0.15, 0.2) is 5.78 Å². The summed E-state index contributed by atoms with van der Waals surface area (Å²) >= 11 is 3.46. The molecule has 104 valence electrons. The standard InChI is InChI=1S/C17H17BrO2/c1-3-11-20-16-10-5-4-7-14(16)17(19)13-8-6-9-15(18)12(13)2/h4-10H,3,11H2,1-2H3. The van der Waals surface area contributed by atoms with Crippen LogP contribution in [0.4, 0.5) is 0 Å². The average Bonchev–Trinajstić information content (AvgIpc) is 2.47. The van der Waals surface area contributed by atoms with Crippen LogP contribution in [0.1, 0.15) is 34.8 Å². The van der Waals surface area contributed by atoms with Crippen molar-refractivity contribution < 1.29 is 9.53 Å². The molecule has 0 atom stereocenters. The van der Waals surface area contributed by atoms with Crippen molar-refractivity contribution in [3.63, 3.8) is 0 Å². The zero-order chi connectivity index (χ0) is 14.5. The number of halogens is 1. The van der Waals surface area contributed by atoms with E-state index in [-0.39, 0.29) is 5.78 Å². The van der Waals surface area contributed by atoms with Crippen molar-refractivity contribution in [2.24, 2.45) is 0 Å².